The summed E-state index contributed by atoms with van der Waals surface area (Å²) in [6.07, 6.45) is 1.38. The Morgan fingerprint density at radius 1 is 1.40 bits per heavy atom. The summed E-state index contributed by atoms with van der Waals surface area (Å²) >= 11 is 0. The minimum absolute atomic E-state index is 0.0274. The molecular formula is C10H19N3O2. The molecule has 0 aromatic carbocycles. The third kappa shape index (κ3) is 4.29. The van der Waals surface area contributed by atoms with E-state index in [1.807, 2.05) is 14.1 Å². The Balaban J connectivity index is 2.32. The molecule has 86 valence electrons. The lowest BCUT2D eigenvalue weighted by molar-refractivity contribution is -0.130. The van der Waals surface area contributed by atoms with E-state index in [9.17, 15) is 9.59 Å². The molecule has 0 aromatic rings. The Morgan fingerprint density at radius 2 is 2.13 bits per heavy atom. The normalized spacial score (nSPS) is 17.9. The number of carbonyl (C=O) groups excluding carboxylic acids is 2. The Kier molecular flexibility index (Phi) is 4.55. The zero-order valence-corrected chi connectivity index (χ0v) is 9.45. The van der Waals surface area contributed by atoms with Gasteiger partial charge in [-0.15, -0.1) is 0 Å². The number of hydrogen-bond acceptors (Lipinski definition) is 3. The minimum atomic E-state index is -0.0292. The van der Waals surface area contributed by atoms with Crippen LogP contribution >= 0.6 is 0 Å². The largest absolute Gasteiger partial charge is 0.347 e. The standard InChI is InChI=1S/C10H19N3O2/c1-12(2)5-3-6-13-7-4-9(14)11-8-10(13)15/h3-8H2,1-2H3,(H,11,14). The second kappa shape index (κ2) is 5.70. The van der Waals surface area contributed by atoms with E-state index in [1.165, 1.54) is 0 Å². The van der Waals surface area contributed by atoms with E-state index in [4.69, 9.17) is 0 Å². The first-order valence-corrected chi connectivity index (χ1v) is 5.29. The van der Waals surface area contributed by atoms with E-state index in [0.717, 1.165) is 19.5 Å². The van der Waals surface area contributed by atoms with Gasteiger partial charge in [0.05, 0.1) is 6.54 Å². The van der Waals surface area contributed by atoms with Gasteiger partial charge < -0.3 is 15.1 Å². The van der Waals surface area contributed by atoms with Gasteiger partial charge in [0.1, 0.15) is 0 Å². The van der Waals surface area contributed by atoms with Crippen molar-refractivity contribution in [2.75, 3.05) is 40.3 Å². The van der Waals surface area contributed by atoms with Crippen LogP contribution in [0.1, 0.15) is 12.8 Å². The highest BCUT2D eigenvalue weighted by Crippen LogP contribution is 1.99. The van der Waals surface area contributed by atoms with Gasteiger partial charge in [-0.3, -0.25) is 9.59 Å². The van der Waals surface area contributed by atoms with E-state index in [1.54, 1.807) is 4.90 Å². The lowest BCUT2D eigenvalue weighted by Crippen LogP contribution is -2.36. The van der Waals surface area contributed by atoms with Gasteiger partial charge in [0, 0.05) is 19.5 Å². The van der Waals surface area contributed by atoms with Crippen LogP contribution in [0.25, 0.3) is 0 Å². The van der Waals surface area contributed by atoms with Crippen LogP contribution in [0.5, 0.6) is 0 Å². The van der Waals surface area contributed by atoms with Crippen molar-refractivity contribution in [2.45, 2.75) is 12.8 Å². The number of carbonyl (C=O) groups is 2. The molecule has 5 nitrogen and oxygen atoms in total. The van der Waals surface area contributed by atoms with Crippen LogP contribution in [0.15, 0.2) is 0 Å². The highest BCUT2D eigenvalue weighted by Gasteiger charge is 2.19. The average molecular weight is 213 g/mol. The quantitative estimate of drug-likeness (QED) is 0.671. The van der Waals surface area contributed by atoms with E-state index in [2.05, 4.69) is 10.2 Å². The monoisotopic (exact) mass is 213 g/mol. The Hall–Kier alpha value is -1.10. The fraction of sp³-hybridized carbons (Fsp3) is 0.800. The van der Waals surface area contributed by atoms with Crippen molar-refractivity contribution in [1.82, 2.24) is 15.1 Å². The van der Waals surface area contributed by atoms with Crippen molar-refractivity contribution in [3.05, 3.63) is 0 Å². The van der Waals surface area contributed by atoms with Gasteiger partial charge in [-0.1, -0.05) is 0 Å². The molecule has 1 heterocycles. The summed E-state index contributed by atoms with van der Waals surface area (Å²) in [6, 6.07) is 0. The Morgan fingerprint density at radius 3 is 2.80 bits per heavy atom. The van der Waals surface area contributed by atoms with Crippen molar-refractivity contribution in [3.63, 3.8) is 0 Å². The third-order valence-electron chi connectivity index (χ3n) is 2.43. The molecule has 15 heavy (non-hydrogen) atoms. The zero-order chi connectivity index (χ0) is 11.3. The molecule has 0 bridgehead atoms. The molecule has 1 aliphatic heterocycles. The van der Waals surface area contributed by atoms with Crippen LogP contribution in [-0.4, -0.2) is 61.9 Å². The SMILES string of the molecule is CN(C)CCCN1CCC(=O)NCC1=O. The predicted octanol–water partition coefficient (Wildman–Crippen LogP) is -0.713. The molecule has 5 heteroatoms. The lowest BCUT2D eigenvalue weighted by atomic mass is 10.3. The third-order valence-corrected chi connectivity index (χ3v) is 2.43. The first-order chi connectivity index (χ1) is 7.09. The topological polar surface area (TPSA) is 52.6 Å². The average Bonchev–Trinajstić information content (AvgIpc) is 2.32. The van der Waals surface area contributed by atoms with Crippen LogP contribution in [0, 0.1) is 0 Å². The first-order valence-electron chi connectivity index (χ1n) is 5.29. The molecular weight excluding hydrogens is 194 g/mol. The number of nitrogens with one attached hydrogen (secondary N) is 1. The summed E-state index contributed by atoms with van der Waals surface area (Å²) in [5, 5.41) is 2.58. The fourth-order valence-corrected chi connectivity index (χ4v) is 1.55. The van der Waals surface area contributed by atoms with Gasteiger partial charge in [0.15, 0.2) is 0 Å². The van der Waals surface area contributed by atoms with Crippen LogP contribution in [0.2, 0.25) is 0 Å². The van der Waals surface area contributed by atoms with Crippen molar-refractivity contribution in [1.29, 1.82) is 0 Å². The molecule has 1 fully saturated rings. The van der Waals surface area contributed by atoms with Gasteiger partial charge in [0.2, 0.25) is 11.8 Å². The second-order valence-corrected chi connectivity index (χ2v) is 4.06. The molecule has 0 unspecified atom stereocenters. The van der Waals surface area contributed by atoms with E-state index in [-0.39, 0.29) is 18.4 Å². The molecule has 0 atom stereocenters. The molecule has 0 aliphatic carbocycles. The second-order valence-electron chi connectivity index (χ2n) is 4.06. The highest BCUT2D eigenvalue weighted by atomic mass is 16.2. The molecule has 1 aliphatic rings. The molecule has 0 radical (unpaired) electrons. The van der Waals surface area contributed by atoms with Crippen LogP contribution < -0.4 is 5.32 Å². The molecule has 1 N–H and O–H groups in total. The van der Waals surface area contributed by atoms with Gasteiger partial charge in [-0.2, -0.15) is 0 Å². The molecule has 1 rings (SSSR count). The van der Waals surface area contributed by atoms with Crippen LogP contribution in [0.4, 0.5) is 0 Å². The molecule has 1 saturated heterocycles. The Bertz CT molecular complexity index is 241. The van der Waals surface area contributed by atoms with Gasteiger partial charge >= 0.3 is 0 Å². The maximum absolute atomic E-state index is 11.5. The van der Waals surface area contributed by atoms with Crippen molar-refractivity contribution in [2.24, 2.45) is 0 Å². The van der Waals surface area contributed by atoms with E-state index in [0.29, 0.717) is 13.0 Å². The summed E-state index contributed by atoms with van der Waals surface area (Å²) in [6.45, 7) is 2.41. The van der Waals surface area contributed by atoms with E-state index >= 15 is 0 Å². The molecule has 0 saturated carbocycles. The predicted molar refractivity (Wildman–Crippen MR) is 57.4 cm³/mol. The highest BCUT2D eigenvalue weighted by molar-refractivity contribution is 5.87. The van der Waals surface area contributed by atoms with Crippen molar-refractivity contribution in [3.8, 4) is 0 Å². The number of nitrogens with zero attached hydrogens (tertiary/aromatic N) is 2. The van der Waals surface area contributed by atoms with Crippen LogP contribution in [-0.2, 0) is 9.59 Å². The molecule has 0 aromatic heterocycles. The van der Waals surface area contributed by atoms with Gasteiger partial charge in [-0.05, 0) is 27.1 Å². The van der Waals surface area contributed by atoms with Crippen molar-refractivity contribution >= 4 is 11.8 Å². The first kappa shape index (κ1) is 12.0. The summed E-state index contributed by atoms with van der Waals surface area (Å²) in [4.78, 5) is 26.4. The summed E-state index contributed by atoms with van der Waals surface area (Å²) in [7, 11) is 4.02. The van der Waals surface area contributed by atoms with Gasteiger partial charge in [-0.25, -0.2) is 0 Å². The van der Waals surface area contributed by atoms with Gasteiger partial charge in [0.25, 0.3) is 0 Å². The van der Waals surface area contributed by atoms with Crippen LogP contribution in [0.3, 0.4) is 0 Å². The number of rotatable bonds is 4. The van der Waals surface area contributed by atoms with Crippen molar-refractivity contribution < 1.29 is 9.59 Å². The summed E-state index contributed by atoms with van der Waals surface area (Å²) < 4.78 is 0. The zero-order valence-electron chi connectivity index (χ0n) is 9.45. The lowest BCUT2D eigenvalue weighted by Gasteiger charge is -2.20. The molecule has 2 amide bonds. The number of hydrogen-bond donors (Lipinski definition) is 1. The smallest absolute Gasteiger partial charge is 0.241 e. The summed E-state index contributed by atoms with van der Waals surface area (Å²) in [5.74, 6) is -0.00179. The maximum atomic E-state index is 11.5. The molecule has 0 spiro atoms. The maximum Gasteiger partial charge on any atom is 0.241 e. The van der Waals surface area contributed by atoms with E-state index < -0.39 is 0 Å². The summed E-state index contributed by atoms with van der Waals surface area (Å²) in [5.41, 5.74) is 0. The minimum Gasteiger partial charge on any atom is -0.347 e. The Labute approximate surface area is 90.4 Å². The fourth-order valence-electron chi connectivity index (χ4n) is 1.55. The number of amides is 2.